The van der Waals surface area contributed by atoms with Crippen LogP contribution in [0.15, 0.2) is 29.2 Å². The maximum Gasteiger partial charge on any atom is 0.350 e. The Morgan fingerprint density at radius 2 is 2.09 bits per heavy atom. The lowest BCUT2D eigenvalue weighted by Gasteiger charge is -2.34. The number of aromatic nitrogens is 2. The van der Waals surface area contributed by atoms with Crippen molar-refractivity contribution in [3.63, 3.8) is 0 Å². The molecular weight excluding hydrogens is 426 g/mol. The molecule has 9 heteroatoms. The molecule has 2 aliphatic rings. The Morgan fingerprint density at radius 1 is 1.25 bits per heavy atom. The molecule has 0 aliphatic carbocycles. The van der Waals surface area contributed by atoms with Crippen LogP contribution in [-0.4, -0.2) is 60.2 Å². The third-order valence-corrected chi connectivity index (χ3v) is 7.14. The van der Waals surface area contributed by atoms with Crippen molar-refractivity contribution in [2.75, 3.05) is 49.5 Å². The molecular formula is C23H27N5O3S. The van der Waals surface area contributed by atoms with Crippen molar-refractivity contribution in [3.05, 3.63) is 50.8 Å². The number of hydrogen-bond acceptors (Lipinski definition) is 8. The van der Waals surface area contributed by atoms with Crippen LogP contribution in [0.4, 0.5) is 10.8 Å². The maximum atomic E-state index is 12.5. The molecule has 3 aromatic rings. The summed E-state index contributed by atoms with van der Waals surface area (Å²) < 4.78 is 5.06. The predicted molar refractivity (Wildman–Crippen MR) is 127 cm³/mol. The molecule has 0 bridgehead atoms. The van der Waals surface area contributed by atoms with E-state index in [-0.39, 0.29) is 11.5 Å². The van der Waals surface area contributed by atoms with Crippen molar-refractivity contribution in [1.82, 2.24) is 14.9 Å². The van der Waals surface area contributed by atoms with Crippen LogP contribution in [0.1, 0.15) is 34.1 Å². The number of carbonyl (C=O) groups is 1. The average molecular weight is 454 g/mol. The van der Waals surface area contributed by atoms with Gasteiger partial charge in [-0.05, 0) is 31.4 Å². The lowest BCUT2D eigenvalue weighted by molar-refractivity contribution is 0.0532. The normalized spacial score (nSPS) is 16.6. The van der Waals surface area contributed by atoms with Gasteiger partial charge in [0.2, 0.25) is 0 Å². The highest BCUT2D eigenvalue weighted by Crippen LogP contribution is 2.29. The van der Waals surface area contributed by atoms with Gasteiger partial charge in [-0.25, -0.2) is 9.78 Å². The van der Waals surface area contributed by atoms with E-state index in [1.165, 1.54) is 16.9 Å². The van der Waals surface area contributed by atoms with Crippen LogP contribution >= 0.6 is 11.3 Å². The van der Waals surface area contributed by atoms with Crippen LogP contribution in [-0.2, 0) is 17.7 Å². The second-order valence-electron chi connectivity index (χ2n) is 8.21. The van der Waals surface area contributed by atoms with Crippen LogP contribution in [0.5, 0.6) is 0 Å². The lowest BCUT2D eigenvalue weighted by Crippen LogP contribution is -2.45. The monoisotopic (exact) mass is 453 g/mol. The molecule has 2 aliphatic heterocycles. The van der Waals surface area contributed by atoms with E-state index < -0.39 is 0 Å². The van der Waals surface area contributed by atoms with Gasteiger partial charge in [0.25, 0.3) is 5.56 Å². The molecule has 32 heavy (non-hydrogen) atoms. The van der Waals surface area contributed by atoms with Crippen LogP contribution < -0.4 is 15.8 Å². The molecule has 168 valence electrons. The number of thiazole rings is 1. The highest BCUT2D eigenvalue weighted by Gasteiger charge is 2.22. The van der Waals surface area contributed by atoms with Gasteiger partial charge < -0.3 is 19.9 Å². The summed E-state index contributed by atoms with van der Waals surface area (Å²) in [5, 5.41) is 5.37. The second kappa shape index (κ2) is 8.91. The minimum absolute atomic E-state index is 0.0242. The zero-order valence-electron chi connectivity index (χ0n) is 18.1. The highest BCUT2D eigenvalue weighted by molar-refractivity contribution is 7.17. The molecule has 4 heterocycles. The predicted octanol–water partition coefficient (Wildman–Crippen LogP) is 2.84. The summed E-state index contributed by atoms with van der Waals surface area (Å²) >= 11 is 1.39. The number of piperazine rings is 1. The minimum Gasteiger partial charge on any atom is -0.462 e. The Balaban J connectivity index is 1.24. The fourth-order valence-corrected chi connectivity index (χ4v) is 5.33. The lowest BCUT2D eigenvalue weighted by atomic mass is 10.0. The first-order chi connectivity index (χ1) is 15.6. The molecule has 0 atom stereocenters. The first-order valence-electron chi connectivity index (χ1n) is 11.1. The van der Waals surface area contributed by atoms with E-state index in [2.05, 4.69) is 43.3 Å². The Hall–Kier alpha value is -2.91. The van der Waals surface area contributed by atoms with Gasteiger partial charge in [0, 0.05) is 50.2 Å². The van der Waals surface area contributed by atoms with Crippen LogP contribution in [0.2, 0.25) is 0 Å². The summed E-state index contributed by atoms with van der Waals surface area (Å²) in [6, 6.07) is 6.39. The SMILES string of the molecule is CCOC(=O)c1cnc(N2CCN(Cc3ccc4c5c(c(=O)[nH]c4c3)CCCN5)CC2)s1. The van der Waals surface area contributed by atoms with Gasteiger partial charge in [0.05, 0.1) is 24.0 Å². The number of aromatic amines is 1. The Kier molecular flexibility index (Phi) is 5.84. The molecule has 1 fully saturated rings. The number of benzene rings is 1. The number of H-pyrrole nitrogens is 1. The number of pyridine rings is 1. The number of nitrogens with zero attached hydrogens (tertiary/aromatic N) is 3. The topological polar surface area (TPSA) is 90.6 Å². The molecule has 0 amide bonds. The van der Waals surface area contributed by atoms with Crippen molar-refractivity contribution in [1.29, 1.82) is 0 Å². The van der Waals surface area contributed by atoms with Crippen molar-refractivity contribution in [3.8, 4) is 0 Å². The molecule has 1 saturated heterocycles. The molecule has 8 nitrogen and oxygen atoms in total. The summed E-state index contributed by atoms with van der Waals surface area (Å²) in [6.45, 7) is 7.46. The fraction of sp³-hybridized carbons (Fsp3) is 0.435. The van der Waals surface area contributed by atoms with Crippen LogP contribution in [0.3, 0.4) is 0 Å². The smallest absolute Gasteiger partial charge is 0.350 e. The number of rotatable bonds is 5. The van der Waals surface area contributed by atoms with E-state index in [9.17, 15) is 9.59 Å². The number of anilines is 2. The minimum atomic E-state index is -0.305. The van der Waals surface area contributed by atoms with Gasteiger partial charge in [0.15, 0.2) is 5.13 Å². The summed E-state index contributed by atoms with van der Waals surface area (Å²) in [5.74, 6) is -0.305. The quantitative estimate of drug-likeness (QED) is 0.574. The van der Waals surface area contributed by atoms with Gasteiger partial charge in [-0.1, -0.05) is 23.5 Å². The van der Waals surface area contributed by atoms with Gasteiger partial charge in [-0.3, -0.25) is 9.69 Å². The summed E-state index contributed by atoms with van der Waals surface area (Å²) in [7, 11) is 0. The molecule has 2 aromatic heterocycles. The van der Waals surface area contributed by atoms with Gasteiger partial charge in [-0.15, -0.1) is 0 Å². The van der Waals surface area contributed by atoms with Crippen molar-refractivity contribution in [2.24, 2.45) is 0 Å². The van der Waals surface area contributed by atoms with E-state index in [1.807, 2.05) is 0 Å². The Bertz CT molecular complexity index is 1200. The largest absolute Gasteiger partial charge is 0.462 e. The third-order valence-electron chi connectivity index (χ3n) is 6.10. The van der Waals surface area contributed by atoms with Crippen molar-refractivity contribution >= 4 is 39.0 Å². The third kappa shape index (κ3) is 4.10. The van der Waals surface area contributed by atoms with Crippen molar-refractivity contribution in [2.45, 2.75) is 26.3 Å². The van der Waals surface area contributed by atoms with E-state index >= 15 is 0 Å². The fourth-order valence-electron chi connectivity index (χ4n) is 4.47. The Morgan fingerprint density at radius 3 is 2.91 bits per heavy atom. The average Bonchev–Trinajstić information content (AvgIpc) is 3.30. The number of ether oxygens (including phenoxy) is 1. The van der Waals surface area contributed by atoms with Crippen LogP contribution in [0, 0.1) is 0 Å². The molecule has 2 N–H and O–H groups in total. The van der Waals surface area contributed by atoms with Crippen LogP contribution in [0.25, 0.3) is 10.9 Å². The number of hydrogen-bond donors (Lipinski definition) is 2. The van der Waals surface area contributed by atoms with Gasteiger partial charge in [-0.2, -0.15) is 0 Å². The van der Waals surface area contributed by atoms with Crippen molar-refractivity contribution < 1.29 is 9.53 Å². The Labute approximate surface area is 190 Å². The standard InChI is InChI=1S/C23H27N5O3S/c1-2-31-22(30)19-13-25-23(32-19)28-10-8-27(9-11-28)14-15-5-6-16-18(12-15)26-21(29)17-4-3-7-24-20(16)17/h5-6,12-13,24H,2-4,7-11,14H2,1H3,(H,26,29). The summed E-state index contributed by atoms with van der Waals surface area (Å²) in [6.07, 6.45) is 3.44. The molecule has 0 radical (unpaired) electrons. The number of fused-ring (bicyclic) bond motifs is 3. The van der Waals surface area contributed by atoms with E-state index in [4.69, 9.17) is 4.74 Å². The number of carbonyl (C=O) groups excluding carboxylic acids is 1. The second-order valence-corrected chi connectivity index (χ2v) is 9.22. The number of nitrogens with one attached hydrogen (secondary N) is 2. The van der Waals surface area contributed by atoms with E-state index in [1.54, 1.807) is 13.1 Å². The zero-order valence-corrected chi connectivity index (χ0v) is 19.0. The summed E-state index contributed by atoms with van der Waals surface area (Å²) in [4.78, 5) is 37.0. The molecule has 5 rings (SSSR count). The maximum absolute atomic E-state index is 12.5. The molecule has 0 spiro atoms. The number of esters is 1. The molecule has 0 saturated carbocycles. The first-order valence-corrected chi connectivity index (χ1v) is 12.0. The van der Waals surface area contributed by atoms with Gasteiger partial charge in [0.1, 0.15) is 4.88 Å². The summed E-state index contributed by atoms with van der Waals surface area (Å²) in [5.41, 5.74) is 3.99. The molecule has 1 aromatic carbocycles. The van der Waals surface area contributed by atoms with Gasteiger partial charge >= 0.3 is 5.97 Å². The van der Waals surface area contributed by atoms with E-state index in [0.717, 1.165) is 79.4 Å². The zero-order chi connectivity index (χ0) is 22.1. The van der Waals surface area contributed by atoms with E-state index in [0.29, 0.717) is 11.5 Å². The first kappa shape index (κ1) is 21.0. The molecule has 0 unspecified atom stereocenters. The highest BCUT2D eigenvalue weighted by atomic mass is 32.1.